The van der Waals surface area contributed by atoms with Gasteiger partial charge in [-0.1, -0.05) is 18.2 Å². The van der Waals surface area contributed by atoms with Gasteiger partial charge in [0, 0.05) is 29.6 Å². The van der Waals surface area contributed by atoms with Crippen molar-refractivity contribution in [2.45, 2.75) is 19.3 Å². The molecule has 4 rings (SSSR count). The molecule has 154 valence electrons. The zero-order valence-electron chi connectivity index (χ0n) is 16.2. The van der Waals surface area contributed by atoms with Crippen molar-refractivity contribution >= 4 is 28.8 Å². The quantitative estimate of drug-likeness (QED) is 0.513. The number of rotatable bonds is 5. The van der Waals surface area contributed by atoms with Gasteiger partial charge in [0.1, 0.15) is 11.3 Å². The maximum Gasteiger partial charge on any atom is 0.315 e. The summed E-state index contributed by atoms with van der Waals surface area (Å²) in [6, 6.07) is 13.9. The van der Waals surface area contributed by atoms with Gasteiger partial charge in [-0.15, -0.1) is 0 Å². The molecule has 1 N–H and O–H groups in total. The number of fused-ring (bicyclic) bond motifs is 1. The number of nitrogens with zero attached hydrogens (tertiary/aromatic N) is 1. The van der Waals surface area contributed by atoms with E-state index in [0.29, 0.717) is 37.2 Å². The number of para-hydroxylation sites is 1. The van der Waals surface area contributed by atoms with Gasteiger partial charge in [-0.2, -0.15) is 0 Å². The average Bonchev–Trinajstić information content (AvgIpc) is 3.16. The SMILES string of the molecule is O=C(Cc1coc2ccccc12)Oc1ccc(C(=O)N2CCC(C(=O)O)CC2)cc1. The van der Waals surface area contributed by atoms with E-state index in [4.69, 9.17) is 14.3 Å². The Balaban J connectivity index is 1.35. The molecular weight excluding hydrogens is 386 g/mol. The lowest BCUT2D eigenvalue weighted by molar-refractivity contribution is -0.143. The summed E-state index contributed by atoms with van der Waals surface area (Å²) < 4.78 is 10.8. The minimum absolute atomic E-state index is 0.0796. The minimum Gasteiger partial charge on any atom is -0.481 e. The van der Waals surface area contributed by atoms with Crippen molar-refractivity contribution in [3.05, 3.63) is 65.9 Å². The Bertz CT molecular complexity index is 1080. The van der Waals surface area contributed by atoms with Crippen LogP contribution in [0, 0.1) is 5.92 Å². The van der Waals surface area contributed by atoms with Crippen molar-refractivity contribution in [3.8, 4) is 5.75 Å². The molecule has 7 nitrogen and oxygen atoms in total. The highest BCUT2D eigenvalue weighted by atomic mass is 16.5. The second-order valence-corrected chi connectivity index (χ2v) is 7.34. The van der Waals surface area contributed by atoms with Crippen molar-refractivity contribution in [1.29, 1.82) is 0 Å². The van der Waals surface area contributed by atoms with Crippen LogP contribution in [-0.2, 0) is 16.0 Å². The number of carboxylic acids is 1. The molecule has 1 aliphatic rings. The summed E-state index contributed by atoms with van der Waals surface area (Å²) in [7, 11) is 0. The molecule has 0 bridgehead atoms. The predicted molar refractivity (Wildman–Crippen MR) is 108 cm³/mol. The van der Waals surface area contributed by atoms with Gasteiger partial charge < -0.3 is 19.2 Å². The summed E-state index contributed by atoms with van der Waals surface area (Å²) in [5.74, 6) is -1.41. The molecule has 0 spiro atoms. The maximum atomic E-state index is 12.6. The van der Waals surface area contributed by atoms with Crippen molar-refractivity contribution in [2.75, 3.05) is 13.1 Å². The Labute approximate surface area is 172 Å². The van der Waals surface area contributed by atoms with Gasteiger partial charge in [-0.25, -0.2) is 0 Å². The summed E-state index contributed by atoms with van der Waals surface area (Å²) >= 11 is 0. The molecule has 1 amide bonds. The topological polar surface area (TPSA) is 97.0 Å². The molecule has 0 aliphatic carbocycles. The monoisotopic (exact) mass is 407 g/mol. The maximum absolute atomic E-state index is 12.6. The highest BCUT2D eigenvalue weighted by Crippen LogP contribution is 2.23. The lowest BCUT2D eigenvalue weighted by Gasteiger charge is -2.30. The molecule has 2 aromatic carbocycles. The number of aliphatic carboxylic acids is 1. The first kappa shape index (κ1) is 19.7. The summed E-state index contributed by atoms with van der Waals surface area (Å²) in [5.41, 5.74) is 1.95. The third-order valence-corrected chi connectivity index (χ3v) is 5.36. The van der Waals surface area contributed by atoms with Crippen molar-refractivity contribution in [2.24, 2.45) is 5.92 Å². The van der Waals surface area contributed by atoms with Crippen LogP contribution in [0.1, 0.15) is 28.8 Å². The average molecular weight is 407 g/mol. The molecule has 0 saturated carbocycles. The zero-order valence-corrected chi connectivity index (χ0v) is 16.2. The molecule has 1 aromatic heterocycles. The zero-order chi connectivity index (χ0) is 21.1. The van der Waals surface area contributed by atoms with Gasteiger partial charge in [0.15, 0.2) is 0 Å². The second kappa shape index (κ2) is 8.41. The first-order valence-corrected chi connectivity index (χ1v) is 9.79. The Morgan fingerprint density at radius 2 is 1.73 bits per heavy atom. The fraction of sp³-hybridized carbons (Fsp3) is 0.261. The van der Waals surface area contributed by atoms with Crippen LogP contribution in [0.2, 0.25) is 0 Å². The van der Waals surface area contributed by atoms with Crippen LogP contribution in [0.15, 0.2) is 59.2 Å². The summed E-state index contributed by atoms with van der Waals surface area (Å²) in [5, 5.41) is 9.94. The Kier molecular flexibility index (Phi) is 5.52. The van der Waals surface area contributed by atoms with Crippen LogP contribution in [0.3, 0.4) is 0 Å². The van der Waals surface area contributed by atoms with E-state index in [1.54, 1.807) is 35.4 Å². The first-order chi connectivity index (χ1) is 14.5. The van der Waals surface area contributed by atoms with E-state index >= 15 is 0 Å². The normalized spacial score (nSPS) is 14.6. The molecule has 1 fully saturated rings. The van der Waals surface area contributed by atoms with Gasteiger partial charge in [0.25, 0.3) is 5.91 Å². The lowest BCUT2D eigenvalue weighted by atomic mass is 9.96. The third kappa shape index (κ3) is 4.20. The van der Waals surface area contributed by atoms with E-state index < -0.39 is 11.9 Å². The van der Waals surface area contributed by atoms with Crippen LogP contribution in [0.5, 0.6) is 5.75 Å². The molecule has 0 radical (unpaired) electrons. The fourth-order valence-corrected chi connectivity index (χ4v) is 3.67. The number of carboxylic acid groups (broad SMARTS) is 1. The van der Waals surface area contributed by atoms with E-state index in [2.05, 4.69) is 0 Å². The van der Waals surface area contributed by atoms with Gasteiger partial charge in [-0.05, 0) is 43.2 Å². The molecule has 1 aliphatic heterocycles. The number of likely N-dealkylation sites (tertiary alicyclic amines) is 1. The number of benzene rings is 2. The number of ether oxygens (including phenoxy) is 1. The van der Waals surface area contributed by atoms with Crippen LogP contribution in [0.4, 0.5) is 0 Å². The van der Waals surface area contributed by atoms with E-state index in [1.807, 2.05) is 24.3 Å². The highest BCUT2D eigenvalue weighted by molar-refractivity contribution is 5.94. The number of hydrogen-bond acceptors (Lipinski definition) is 5. The summed E-state index contributed by atoms with van der Waals surface area (Å²) in [4.78, 5) is 37.6. The van der Waals surface area contributed by atoms with E-state index in [1.165, 1.54) is 0 Å². The second-order valence-electron chi connectivity index (χ2n) is 7.34. The molecule has 1 saturated heterocycles. The number of carbonyl (C=O) groups excluding carboxylic acids is 2. The number of piperidine rings is 1. The van der Waals surface area contributed by atoms with Crippen LogP contribution < -0.4 is 4.74 Å². The largest absolute Gasteiger partial charge is 0.481 e. The van der Waals surface area contributed by atoms with Crippen LogP contribution in [-0.4, -0.2) is 40.9 Å². The molecule has 0 atom stereocenters. The number of amides is 1. The Morgan fingerprint density at radius 3 is 2.43 bits per heavy atom. The lowest BCUT2D eigenvalue weighted by Crippen LogP contribution is -2.40. The number of carbonyl (C=O) groups is 3. The summed E-state index contributed by atoms with van der Waals surface area (Å²) in [6.07, 6.45) is 2.55. The standard InChI is InChI=1S/C23H21NO6/c25-21(13-17-14-29-20-4-2-1-3-19(17)20)30-18-7-5-15(6-8-18)22(26)24-11-9-16(10-12-24)23(27)28/h1-8,14,16H,9-13H2,(H,27,28). The molecule has 7 heteroatoms. The number of esters is 1. The fourth-order valence-electron chi connectivity index (χ4n) is 3.67. The van der Waals surface area contributed by atoms with Gasteiger partial charge >= 0.3 is 11.9 Å². The smallest absolute Gasteiger partial charge is 0.315 e. The van der Waals surface area contributed by atoms with Gasteiger partial charge in [0.2, 0.25) is 0 Å². The minimum atomic E-state index is -0.809. The number of furan rings is 1. The molecule has 2 heterocycles. The first-order valence-electron chi connectivity index (χ1n) is 9.79. The highest BCUT2D eigenvalue weighted by Gasteiger charge is 2.27. The molecule has 3 aromatic rings. The summed E-state index contributed by atoms with van der Waals surface area (Å²) in [6.45, 7) is 0.844. The third-order valence-electron chi connectivity index (χ3n) is 5.36. The van der Waals surface area contributed by atoms with Crippen LogP contribution >= 0.6 is 0 Å². The Morgan fingerprint density at radius 1 is 1.03 bits per heavy atom. The Hall–Kier alpha value is -3.61. The molecule has 30 heavy (non-hydrogen) atoms. The van der Waals surface area contributed by atoms with E-state index in [0.717, 1.165) is 16.5 Å². The van der Waals surface area contributed by atoms with E-state index in [9.17, 15) is 14.4 Å². The van der Waals surface area contributed by atoms with Crippen LogP contribution in [0.25, 0.3) is 11.0 Å². The van der Waals surface area contributed by atoms with Crippen molar-refractivity contribution < 1.29 is 28.6 Å². The predicted octanol–water partition coefficient (Wildman–Crippen LogP) is 3.52. The van der Waals surface area contributed by atoms with Gasteiger partial charge in [-0.3, -0.25) is 14.4 Å². The number of hydrogen-bond donors (Lipinski definition) is 1. The van der Waals surface area contributed by atoms with Crippen molar-refractivity contribution in [1.82, 2.24) is 4.90 Å². The van der Waals surface area contributed by atoms with E-state index in [-0.39, 0.29) is 18.2 Å². The molecular formula is C23H21NO6. The van der Waals surface area contributed by atoms with Gasteiger partial charge in [0.05, 0.1) is 18.6 Å². The molecule has 0 unspecified atom stereocenters. The van der Waals surface area contributed by atoms with Crippen molar-refractivity contribution in [3.63, 3.8) is 0 Å².